The monoisotopic (exact) mass is 282 g/mol. The molecule has 0 aliphatic carbocycles. The standard InChI is InChI=1S/C13H12Cl2N2O/c1-7-3-10(4-8(2)13(7)15)18-12-6-9(16)5-11(14)17-12/h3-6H,1-2H3,(H2,16,17). The van der Waals surface area contributed by atoms with Crippen molar-refractivity contribution in [3.05, 3.63) is 45.6 Å². The number of anilines is 1. The number of pyridine rings is 1. The van der Waals surface area contributed by atoms with Crippen LogP contribution in [0.4, 0.5) is 5.69 Å². The molecule has 0 bridgehead atoms. The molecule has 94 valence electrons. The molecule has 1 aromatic heterocycles. The van der Waals surface area contributed by atoms with Crippen LogP contribution in [-0.2, 0) is 0 Å². The number of aromatic nitrogens is 1. The van der Waals surface area contributed by atoms with E-state index in [0.717, 1.165) is 16.1 Å². The number of ether oxygens (including phenoxy) is 1. The van der Waals surface area contributed by atoms with E-state index in [4.69, 9.17) is 33.7 Å². The van der Waals surface area contributed by atoms with E-state index in [1.54, 1.807) is 12.1 Å². The van der Waals surface area contributed by atoms with Gasteiger partial charge in [0.25, 0.3) is 0 Å². The number of nitrogen functional groups attached to an aromatic ring is 1. The lowest BCUT2D eigenvalue weighted by Crippen LogP contribution is -1.93. The van der Waals surface area contributed by atoms with Crippen LogP contribution in [0.5, 0.6) is 11.6 Å². The van der Waals surface area contributed by atoms with E-state index >= 15 is 0 Å². The average Bonchev–Trinajstić information content (AvgIpc) is 2.24. The van der Waals surface area contributed by atoms with Gasteiger partial charge >= 0.3 is 0 Å². The fourth-order valence-corrected chi connectivity index (χ4v) is 1.95. The maximum atomic E-state index is 6.09. The van der Waals surface area contributed by atoms with E-state index < -0.39 is 0 Å². The third-order valence-electron chi connectivity index (χ3n) is 2.43. The Morgan fingerprint density at radius 3 is 2.22 bits per heavy atom. The SMILES string of the molecule is Cc1cc(Oc2cc(N)cc(Cl)n2)cc(C)c1Cl. The molecule has 0 amide bonds. The zero-order valence-corrected chi connectivity index (χ0v) is 11.5. The number of halogens is 2. The van der Waals surface area contributed by atoms with Crippen LogP contribution >= 0.6 is 23.2 Å². The summed E-state index contributed by atoms with van der Waals surface area (Å²) in [5.41, 5.74) is 8.07. The van der Waals surface area contributed by atoms with Crippen molar-refractivity contribution in [2.45, 2.75) is 13.8 Å². The molecule has 0 saturated carbocycles. The summed E-state index contributed by atoms with van der Waals surface area (Å²) >= 11 is 11.9. The molecule has 0 spiro atoms. The Morgan fingerprint density at radius 1 is 1.06 bits per heavy atom. The van der Waals surface area contributed by atoms with Gasteiger partial charge in [-0.25, -0.2) is 4.98 Å². The number of nitrogens with two attached hydrogens (primary N) is 1. The van der Waals surface area contributed by atoms with Crippen LogP contribution in [0.1, 0.15) is 11.1 Å². The van der Waals surface area contributed by atoms with E-state index in [2.05, 4.69) is 4.98 Å². The molecule has 0 fully saturated rings. The Kier molecular flexibility index (Phi) is 3.64. The maximum Gasteiger partial charge on any atom is 0.222 e. The number of nitrogens with zero attached hydrogens (tertiary/aromatic N) is 1. The highest BCUT2D eigenvalue weighted by Crippen LogP contribution is 2.29. The van der Waals surface area contributed by atoms with Gasteiger partial charge in [0.05, 0.1) is 0 Å². The second-order valence-corrected chi connectivity index (χ2v) is 4.80. The van der Waals surface area contributed by atoms with Crippen molar-refractivity contribution in [2.24, 2.45) is 0 Å². The largest absolute Gasteiger partial charge is 0.439 e. The van der Waals surface area contributed by atoms with Crippen molar-refractivity contribution in [1.29, 1.82) is 0 Å². The summed E-state index contributed by atoms with van der Waals surface area (Å²) in [5, 5.41) is 1.04. The predicted molar refractivity (Wildman–Crippen MR) is 74.7 cm³/mol. The fourth-order valence-electron chi connectivity index (χ4n) is 1.63. The minimum atomic E-state index is 0.299. The maximum absolute atomic E-state index is 6.09. The van der Waals surface area contributed by atoms with Crippen molar-refractivity contribution in [3.63, 3.8) is 0 Å². The summed E-state index contributed by atoms with van der Waals surface area (Å²) in [6, 6.07) is 6.86. The van der Waals surface area contributed by atoms with Crippen molar-refractivity contribution >= 4 is 28.9 Å². The zero-order valence-electron chi connectivity index (χ0n) is 10.00. The van der Waals surface area contributed by atoms with E-state index in [1.807, 2.05) is 26.0 Å². The minimum absolute atomic E-state index is 0.299. The second kappa shape index (κ2) is 5.04. The highest BCUT2D eigenvalue weighted by molar-refractivity contribution is 6.32. The van der Waals surface area contributed by atoms with Gasteiger partial charge in [0.2, 0.25) is 5.88 Å². The molecule has 0 aliphatic rings. The Hall–Kier alpha value is -1.45. The van der Waals surface area contributed by atoms with Crippen molar-refractivity contribution in [2.75, 3.05) is 5.73 Å². The smallest absolute Gasteiger partial charge is 0.222 e. The van der Waals surface area contributed by atoms with E-state index in [9.17, 15) is 0 Å². The van der Waals surface area contributed by atoms with Gasteiger partial charge in [-0.2, -0.15) is 0 Å². The molecule has 1 aromatic carbocycles. The Bertz CT molecular complexity index is 556. The predicted octanol–water partition coefficient (Wildman–Crippen LogP) is 4.38. The Labute approximate surface area is 115 Å². The summed E-state index contributed by atoms with van der Waals surface area (Å²) in [6.45, 7) is 3.84. The van der Waals surface area contributed by atoms with Crippen LogP contribution in [0.25, 0.3) is 0 Å². The molecule has 2 rings (SSSR count). The van der Waals surface area contributed by atoms with Crippen molar-refractivity contribution in [3.8, 4) is 11.6 Å². The molecular formula is C13H12Cl2N2O. The first-order chi connectivity index (χ1) is 8.45. The summed E-state index contributed by atoms with van der Waals surface area (Å²) in [4.78, 5) is 4.04. The average molecular weight is 283 g/mol. The number of aryl methyl sites for hydroxylation is 2. The first-order valence-electron chi connectivity index (χ1n) is 5.33. The lowest BCUT2D eigenvalue weighted by molar-refractivity contribution is 0.463. The van der Waals surface area contributed by atoms with Crippen molar-refractivity contribution < 1.29 is 4.74 Å². The number of benzene rings is 1. The number of rotatable bonds is 2. The summed E-state index contributed by atoms with van der Waals surface area (Å²) < 4.78 is 5.62. The third kappa shape index (κ3) is 2.86. The molecule has 2 aromatic rings. The lowest BCUT2D eigenvalue weighted by atomic mass is 10.1. The molecule has 5 heteroatoms. The quantitative estimate of drug-likeness (QED) is 0.832. The third-order valence-corrected chi connectivity index (χ3v) is 3.22. The van der Waals surface area contributed by atoms with Crippen molar-refractivity contribution in [1.82, 2.24) is 4.98 Å². The van der Waals surface area contributed by atoms with Gasteiger partial charge in [-0.3, -0.25) is 0 Å². The highest BCUT2D eigenvalue weighted by Gasteiger charge is 2.06. The van der Waals surface area contributed by atoms with Gasteiger partial charge in [-0.1, -0.05) is 23.2 Å². The Balaban J connectivity index is 2.34. The molecular weight excluding hydrogens is 271 g/mol. The zero-order chi connectivity index (χ0) is 13.3. The molecule has 0 atom stereocenters. The van der Waals surface area contributed by atoms with Gasteiger partial charge < -0.3 is 10.5 Å². The van der Waals surface area contributed by atoms with Gasteiger partial charge in [0.15, 0.2) is 0 Å². The Morgan fingerprint density at radius 2 is 1.67 bits per heavy atom. The highest BCUT2D eigenvalue weighted by atomic mass is 35.5. The van der Waals surface area contributed by atoms with Crippen LogP contribution in [0.2, 0.25) is 10.2 Å². The van der Waals surface area contributed by atoms with Crippen LogP contribution in [0.15, 0.2) is 24.3 Å². The molecule has 2 N–H and O–H groups in total. The molecule has 1 heterocycles. The minimum Gasteiger partial charge on any atom is -0.439 e. The summed E-state index contributed by atoms with van der Waals surface area (Å²) in [6.07, 6.45) is 0. The summed E-state index contributed by atoms with van der Waals surface area (Å²) in [5.74, 6) is 1.02. The molecule has 18 heavy (non-hydrogen) atoms. The topological polar surface area (TPSA) is 48.1 Å². The number of hydrogen-bond donors (Lipinski definition) is 1. The second-order valence-electron chi connectivity index (χ2n) is 4.03. The molecule has 0 unspecified atom stereocenters. The molecule has 0 radical (unpaired) electrons. The number of hydrogen-bond acceptors (Lipinski definition) is 3. The van der Waals surface area contributed by atoms with Gasteiger partial charge in [-0.05, 0) is 43.2 Å². The fraction of sp³-hybridized carbons (Fsp3) is 0.154. The van der Waals surface area contributed by atoms with E-state index in [-0.39, 0.29) is 0 Å². The van der Waals surface area contributed by atoms with E-state index in [0.29, 0.717) is 22.5 Å². The van der Waals surface area contributed by atoms with Crippen LogP contribution in [-0.4, -0.2) is 4.98 Å². The first kappa shape index (κ1) is 13.0. The molecule has 0 saturated heterocycles. The van der Waals surface area contributed by atoms with Gasteiger partial charge in [0, 0.05) is 16.8 Å². The van der Waals surface area contributed by atoms with Gasteiger partial charge in [0.1, 0.15) is 10.9 Å². The first-order valence-corrected chi connectivity index (χ1v) is 6.09. The van der Waals surface area contributed by atoms with Crippen LogP contribution in [0.3, 0.4) is 0 Å². The van der Waals surface area contributed by atoms with E-state index in [1.165, 1.54) is 0 Å². The molecule has 0 aliphatic heterocycles. The summed E-state index contributed by atoms with van der Waals surface area (Å²) in [7, 11) is 0. The van der Waals surface area contributed by atoms with Gasteiger partial charge in [-0.15, -0.1) is 0 Å². The molecule has 3 nitrogen and oxygen atoms in total. The lowest BCUT2D eigenvalue weighted by Gasteiger charge is -2.09. The normalized spacial score (nSPS) is 10.4. The van der Waals surface area contributed by atoms with Crippen LogP contribution in [0, 0.1) is 13.8 Å². The van der Waals surface area contributed by atoms with Crippen LogP contribution < -0.4 is 10.5 Å².